The Morgan fingerprint density at radius 1 is 1.07 bits per heavy atom. The maximum atomic E-state index is 12.7. The molecule has 0 spiro atoms. The zero-order chi connectivity index (χ0) is 21.8. The Bertz CT molecular complexity index is 921. The number of nitrogens with zero attached hydrogens (tertiary/aromatic N) is 1. The first-order valence-electron chi connectivity index (χ1n) is 11.0. The van der Waals surface area contributed by atoms with E-state index in [9.17, 15) is 9.59 Å². The number of hydrogen-bond donors (Lipinski definition) is 1. The fourth-order valence-corrected chi connectivity index (χ4v) is 4.55. The average Bonchev–Trinajstić information content (AvgIpc) is 2.99. The SMILES string of the molecule is CCOC(=O)c1cc(C)n(CC2CCC(C(=O)Nc3ccc(C)cc3C)CC2)c1C. The summed E-state index contributed by atoms with van der Waals surface area (Å²) in [5.41, 5.74) is 5.94. The molecule has 1 aromatic heterocycles. The maximum absolute atomic E-state index is 12.7. The normalized spacial score (nSPS) is 18.8. The molecule has 2 aromatic rings. The number of hydrogen-bond acceptors (Lipinski definition) is 3. The molecule has 0 radical (unpaired) electrons. The molecule has 1 aliphatic carbocycles. The molecule has 162 valence electrons. The Morgan fingerprint density at radius 2 is 1.77 bits per heavy atom. The van der Waals surface area contributed by atoms with Crippen LogP contribution >= 0.6 is 0 Å². The van der Waals surface area contributed by atoms with Gasteiger partial charge in [-0.2, -0.15) is 0 Å². The number of carbonyl (C=O) groups excluding carboxylic acids is 2. The highest BCUT2D eigenvalue weighted by Crippen LogP contribution is 2.32. The molecular formula is C25H34N2O3. The quantitative estimate of drug-likeness (QED) is 0.654. The van der Waals surface area contributed by atoms with Gasteiger partial charge in [-0.1, -0.05) is 17.7 Å². The molecule has 3 rings (SSSR count). The Hall–Kier alpha value is -2.56. The molecule has 1 heterocycles. The van der Waals surface area contributed by atoms with Crippen LogP contribution in [0.4, 0.5) is 5.69 Å². The summed E-state index contributed by atoms with van der Waals surface area (Å²) in [5.74, 6) is 0.487. The summed E-state index contributed by atoms with van der Waals surface area (Å²) >= 11 is 0. The third-order valence-electron chi connectivity index (χ3n) is 6.37. The standard InChI is InChI=1S/C25H34N2O3/c1-6-30-25(29)22-14-18(4)27(19(22)5)15-20-8-10-21(11-9-20)24(28)26-23-12-7-16(2)13-17(23)3/h7,12-14,20-21H,6,8-11,15H2,1-5H3,(H,26,28). The van der Waals surface area contributed by atoms with Crippen molar-refractivity contribution in [1.82, 2.24) is 4.57 Å². The number of carbonyl (C=O) groups is 2. The fourth-order valence-electron chi connectivity index (χ4n) is 4.55. The third kappa shape index (κ3) is 4.94. The lowest BCUT2D eigenvalue weighted by Crippen LogP contribution is -2.29. The second-order valence-corrected chi connectivity index (χ2v) is 8.64. The van der Waals surface area contributed by atoms with E-state index in [4.69, 9.17) is 4.74 Å². The molecule has 1 aromatic carbocycles. The summed E-state index contributed by atoms with van der Waals surface area (Å²) in [4.78, 5) is 24.9. The highest BCUT2D eigenvalue weighted by Gasteiger charge is 2.28. The van der Waals surface area contributed by atoms with Gasteiger partial charge in [-0.25, -0.2) is 4.79 Å². The summed E-state index contributed by atoms with van der Waals surface area (Å²) in [6.45, 7) is 11.2. The van der Waals surface area contributed by atoms with Gasteiger partial charge in [-0.15, -0.1) is 0 Å². The van der Waals surface area contributed by atoms with Crippen LogP contribution in [0.3, 0.4) is 0 Å². The van der Waals surface area contributed by atoms with Crippen molar-refractivity contribution in [2.45, 2.75) is 66.8 Å². The van der Waals surface area contributed by atoms with Crippen molar-refractivity contribution in [3.63, 3.8) is 0 Å². The van der Waals surface area contributed by atoms with Crippen LogP contribution in [-0.4, -0.2) is 23.1 Å². The summed E-state index contributed by atoms with van der Waals surface area (Å²) in [6, 6.07) is 8.05. The lowest BCUT2D eigenvalue weighted by Gasteiger charge is -2.29. The van der Waals surface area contributed by atoms with Crippen molar-refractivity contribution in [2.75, 3.05) is 11.9 Å². The Kier molecular flexibility index (Phi) is 7.01. The molecule has 1 amide bonds. The third-order valence-corrected chi connectivity index (χ3v) is 6.37. The van der Waals surface area contributed by atoms with Gasteiger partial charge in [0.2, 0.25) is 5.91 Å². The van der Waals surface area contributed by atoms with Crippen LogP contribution in [0.25, 0.3) is 0 Å². The lowest BCUT2D eigenvalue weighted by molar-refractivity contribution is -0.121. The van der Waals surface area contributed by atoms with E-state index in [-0.39, 0.29) is 17.8 Å². The van der Waals surface area contributed by atoms with Gasteiger partial charge in [0, 0.05) is 29.5 Å². The van der Waals surface area contributed by atoms with Crippen LogP contribution in [0.1, 0.15) is 65.5 Å². The van der Waals surface area contributed by atoms with Crippen LogP contribution in [0.15, 0.2) is 24.3 Å². The molecule has 1 saturated carbocycles. The van der Waals surface area contributed by atoms with Gasteiger partial charge in [-0.05, 0) is 83.9 Å². The van der Waals surface area contributed by atoms with Crippen molar-refractivity contribution in [2.24, 2.45) is 11.8 Å². The number of esters is 1. The van der Waals surface area contributed by atoms with E-state index in [0.717, 1.165) is 54.9 Å². The molecule has 1 fully saturated rings. The van der Waals surface area contributed by atoms with E-state index in [1.807, 2.05) is 45.9 Å². The van der Waals surface area contributed by atoms with Crippen LogP contribution in [0.5, 0.6) is 0 Å². The molecule has 0 saturated heterocycles. The minimum atomic E-state index is -0.247. The molecule has 0 bridgehead atoms. The van der Waals surface area contributed by atoms with Crippen molar-refractivity contribution < 1.29 is 14.3 Å². The summed E-state index contributed by atoms with van der Waals surface area (Å²) in [6.07, 6.45) is 3.87. The zero-order valence-electron chi connectivity index (χ0n) is 18.9. The average molecular weight is 411 g/mol. The van der Waals surface area contributed by atoms with Crippen molar-refractivity contribution in [1.29, 1.82) is 0 Å². The smallest absolute Gasteiger partial charge is 0.339 e. The first-order chi connectivity index (χ1) is 14.3. The molecule has 5 heteroatoms. The Morgan fingerprint density at radius 3 is 2.40 bits per heavy atom. The Labute approximate surface area is 179 Å². The number of anilines is 1. The first kappa shape index (κ1) is 22.1. The molecular weight excluding hydrogens is 376 g/mol. The van der Waals surface area contributed by atoms with E-state index in [1.54, 1.807) is 0 Å². The fraction of sp³-hybridized carbons (Fsp3) is 0.520. The number of aryl methyl sites for hydroxylation is 3. The van der Waals surface area contributed by atoms with Crippen LogP contribution in [0.2, 0.25) is 0 Å². The van der Waals surface area contributed by atoms with E-state index in [2.05, 4.69) is 22.9 Å². The van der Waals surface area contributed by atoms with Crippen LogP contribution < -0.4 is 5.32 Å². The molecule has 0 unspecified atom stereocenters. The van der Waals surface area contributed by atoms with Gasteiger partial charge in [0.05, 0.1) is 12.2 Å². The second-order valence-electron chi connectivity index (χ2n) is 8.64. The van der Waals surface area contributed by atoms with Crippen molar-refractivity contribution in [3.8, 4) is 0 Å². The van der Waals surface area contributed by atoms with Crippen LogP contribution in [-0.2, 0) is 16.1 Å². The predicted molar refractivity (Wildman–Crippen MR) is 120 cm³/mol. The minimum absolute atomic E-state index is 0.0731. The van der Waals surface area contributed by atoms with E-state index < -0.39 is 0 Å². The van der Waals surface area contributed by atoms with Crippen LogP contribution in [0, 0.1) is 39.5 Å². The number of ether oxygens (including phenoxy) is 1. The number of amides is 1. The van der Waals surface area contributed by atoms with E-state index >= 15 is 0 Å². The summed E-state index contributed by atoms with van der Waals surface area (Å²) < 4.78 is 7.40. The second kappa shape index (κ2) is 9.50. The van der Waals surface area contributed by atoms with Gasteiger partial charge in [-0.3, -0.25) is 4.79 Å². The lowest BCUT2D eigenvalue weighted by atomic mass is 9.81. The van der Waals surface area contributed by atoms with Gasteiger partial charge in [0.25, 0.3) is 0 Å². The van der Waals surface area contributed by atoms with E-state index in [0.29, 0.717) is 18.1 Å². The zero-order valence-corrected chi connectivity index (χ0v) is 18.9. The molecule has 1 N–H and O–H groups in total. The minimum Gasteiger partial charge on any atom is -0.462 e. The monoisotopic (exact) mass is 410 g/mol. The highest BCUT2D eigenvalue weighted by molar-refractivity contribution is 5.93. The number of nitrogens with one attached hydrogen (secondary N) is 1. The van der Waals surface area contributed by atoms with Gasteiger partial charge >= 0.3 is 5.97 Å². The molecule has 1 aliphatic rings. The maximum Gasteiger partial charge on any atom is 0.339 e. The predicted octanol–water partition coefficient (Wildman–Crippen LogP) is 5.34. The topological polar surface area (TPSA) is 60.3 Å². The molecule has 0 atom stereocenters. The first-order valence-corrected chi connectivity index (χ1v) is 11.0. The summed E-state index contributed by atoms with van der Waals surface area (Å²) in [5, 5.41) is 3.12. The molecule has 0 aliphatic heterocycles. The van der Waals surface area contributed by atoms with Crippen molar-refractivity contribution in [3.05, 3.63) is 52.3 Å². The van der Waals surface area contributed by atoms with Gasteiger partial charge < -0.3 is 14.6 Å². The van der Waals surface area contributed by atoms with Gasteiger partial charge in [0.1, 0.15) is 0 Å². The largest absolute Gasteiger partial charge is 0.462 e. The van der Waals surface area contributed by atoms with Crippen molar-refractivity contribution >= 4 is 17.6 Å². The van der Waals surface area contributed by atoms with E-state index in [1.165, 1.54) is 5.56 Å². The number of rotatable bonds is 6. The highest BCUT2D eigenvalue weighted by atomic mass is 16.5. The number of benzene rings is 1. The Balaban J connectivity index is 1.57. The molecule has 5 nitrogen and oxygen atoms in total. The number of aromatic nitrogens is 1. The summed E-state index contributed by atoms with van der Waals surface area (Å²) in [7, 11) is 0. The molecule has 30 heavy (non-hydrogen) atoms. The van der Waals surface area contributed by atoms with Gasteiger partial charge in [0.15, 0.2) is 0 Å².